The number of carbonyl (C=O) groups is 1. The van der Waals surface area contributed by atoms with Gasteiger partial charge in [0.05, 0.1) is 17.1 Å². The lowest BCUT2D eigenvalue weighted by Crippen LogP contribution is -2.14. The molecule has 112 valence electrons. The number of benzene rings is 1. The first-order valence-corrected chi connectivity index (χ1v) is 7.87. The summed E-state index contributed by atoms with van der Waals surface area (Å²) in [6.07, 6.45) is 2.00. The molecule has 0 amide bonds. The van der Waals surface area contributed by atoms with E-state index < -0.39 is 16.0 Å². The molecule has 0 saturated carbocycles. The molecule has 0 radical (unpaired) electrons. The molecule has 0 aromatic heterocycles. The van der Waals surface area contributed by atoms with Crippen molar-refractivity contribution in [1.82, 2.24) is 0 Å². The van der Waals surface area contributed by atoms with Crippen LogP contribution in [0.25, 0.3) is 0 Å². The van der Waals surface area contributed by atoms with E-state index in [1.807, 2.05) is 0 Å². The van der Waals surface area contributed by atoms with Crippen LogP contribution in [-0.4, -0.2) is 34.2 Å². The Labute approximate surface area is 118 Å². The highest BCUT2D eigenvalue weighted by Gasteiger charge is 2.12. The Bertz CT molecular complexity index is 541. The lowest BCUT2D eigenvalue weighted by Gasteiger charge is -2.06. The fraction of sp³-hybridized carbons (Fsp3) is 0.462. The molecular weight excluding hydrogens is 282 g/mol. The van der Waals surface area contributed by atoms with Gasteiger partial charge in [0.2, 0.25) is 10.0 Å². The summed E-state index contributed by atoms with van der Waals surface area (Å²) in [5.74, 6) is -0.602. The maximum Gasteiger partial charge on any atom is 0.338 e. The van der Waals surface area contributed by atoms with E-state index in [0.717, 1.165) is 12.8 Å². The van der Waals surface area contributed by atoms with Crippen molar-refractivity contribution in [1.29, 1.82) is 0 Å². The third-order valence-corrected chi connectivity index (χ3v) is 3.41. The van der Waals surface area contributed by atoms with E-state index in [-0.39, 0.29) is 17.1 Å². The second-order valence-electron chi connectivity index (χ2n) is 4.17. The number of hydrogen-bond donors (Lipinski definition) is 1. The van der Waals surface area contributed by atoms with Crippen molar-refractivity contribution >= 4 is 16.0 Å². The van der Waals surface area contributed by atoms with E-state index in [1.165, 1.54) is 24.3 Å². The highest BCUT2D eigenvalue weighted by molar-refractivity contribution is 7.89. The third kappa shape index (κ3) is 5.68. The van der Waals surface area contributed by atoms with Crippen molar-refractivity contribution in [3.05, 3.63) is 29.8 Å². The number of ether oxygens (including phenoxy) is 2. The van der Waals surface area contributed by atoms with Crippen molar-refractivity contribution in [2.24, 2.45) is 5.14 Å². The third-order valence-electron chi connectivity index (χ3n) is 2.50. The van der Waals surface area contributed by atoms with Crippen molar-refractivity contribution in [3.8, 4) is 0 Å². The molecule has 7 heteroatoms. The lowest BCUT2D eigenvalue weighted by molar-refractivity contribution is 0.0313. The molecule has 0 spiro atoms. The number of sulfonamides is 1. The van der Waals surface area contributed by atoms with Gasteiger partial charge in [-0.05, 0) is 24.6 Å². The minimum atomic E-state index is -3.83. The molecular formula is C13H19NO5S. The van der Waals surface area contributed by atoms with Crippen LogP contribution in [0.2, 0.25) is 0 Å². The first kappa shape index (κ1) is 16.6. The number of hydrogen-bond acceptors (Lipinski definition) is 5. The maximum absolute atomic E-state index is 11.7. The summed E-state index contributed by atoms with van der Waals surface area (Å²) in [4.78, 5) is 11.6. The quantitative estimate of drug-likeness (QED) is 0.577. The minimum Gasteiger partial charge on any atom is -0.460 e. The van der Waals surface area contributed by atoms with Gasteiger partial charge in [-0.25, -0.2) is 18.4 Å². The van der Waals surface area contributed by atoms with Gasteiger partial charge in [0, 0.05) is 6.61 Å². The zero-order chi connectivity index (χ0) is 15.0. The summed E-state index contributed by atoms with van der Waals surface area (Å²) >= 11 is 0. The molecule has 6 nitrogen and oxygen atoms in total. The molecule has 0 unspecified atom stereocenters. The van der Waals surface area contributed by atoms with E-state index in [1.54, 1.807) is 0 Å². The predicted octanol–water partition coefficient (Wildman–Crippen LogP) is 1.31. The van der Waals surface area contributed by atoms with Crippen LogP contribution in [0, 0.1) is 0 Å². The van der Waals surface area contributed by atoms with Gasteiger partial charge >= 0.3 is 5.97 Å². The van der Waals surface area contributed by atoms with Crippen LogP contribution in [0.1, 0.15) is 30.1 Å². The molecule has 2 N–H and O–H groups in total. The summed E-state index contributed by atoms with van der Waals surface area (Å²) in [6.45, 7) is 3.14. The van der Waals surface area contributed by atoms with Crippen LogP contribution >= 0.6 is 0 Å². The summed E-state index contributed by atoms with van der Waals surface area (Å²) in [5.41, 5.74) is 0.144. The SMILES string of the molecule is CCCCOCCOC(=O)c1cccc(S(N)(=O)=O)c1. The van der Waals surface area contributed by atoms with E-state index in [0.29, 0.717) is 13.2 Å². The second-order valence-corrected chi connectivity index (χ2v) is 5.74. The van der Waals surface area contributed by atoms with Gasteiger partial charge in [-0.1, -0.05) is 19.4 Å². The standard InChI is InChI=1S/C13H19NO5S/c1-2-3-7-18-8-9-19-13(15)11-5-4-6-12(10-11)20(14,16)17/h4-6,10H,2-3,7-9H2,1H3,(H2,14,16,17). The average Bonchev–Trinajstić information content (AvgIpc) is 2.41. The Kier molecular flexibility index (Phi) is 6.63. The van der Waals surface area contributed by atoms with Crippen LogP contribution < -0.4 is 5.14 Å². The largest absolute Gasteiger partial charge is 0.460 e. The van der Waals surface area contributed by atoms with Crippen LogP contribution in [0.3, 0.4) is 0 Å². The van der Waals surface area contributed by atoms with E-state index >= 15 is 0 Å². The smallest absolute Gasteiger partial charge is 0.338 e. The lowest BCUT2D eigenvalue weighted by atomic mass is 10.2. The van der Waals surface area contributed by atoms with Crippen LogP contribution in [0.15, 0.2) is 29.2 Å². The first-order valence-electron chi connectivity index (χ1n) is 6.33. The molecule has 0 aliphatic carbocycles. The number of nitrogens with two attached hydrogens (primary N) is 1. The first-order chi connectivity index (χ1) is 9.45. The Morgan fingerprint density at radius 3 is 2.65 bits per heavy atom. The van der Waals surface area contributed by atoms with E-state index in [2.05, 4.69) is 6.92 Å². The monoisotopic (exact) mass is 301 g/mol. The van der Waals surface area contributed by atoms with Gasteiger partial charge in [0.15, 0.2) is 0 Å². The second kappa shape index (κ2) is 7.98. The molecule has 0 heterocycles. The van der Waals surface area contributed by atoms with Gasteiger partial charge in [0.25, 0.3) is 0 Å². The Morgan fingerprint density at radius 2 is 2.00 bits per heavy atom. The normalized spacial score (nSPS) is 11.3. The highest BCUT2D eigenvalue weighted by atomic mass is 32.2. The molecule has 0 aliphatic heterocycles. The Balaban J connectivity index is 2.48. The Hall–Kier alpha value is -1.44. The molecule has 1 aromatic carbocycles. The zero-order valence-electron chi connectivity index (χ0n) is 11.4. The maximum atomic E-state index is 11.7. The summed E-state index contributed by atoms with van der Waals surface area (Å²) in [5, 5.41) is 4.99. The summed E-state index contributed by atoms with van der Waals surface area (Å²) < 4.78 is 32.6. The average molecular weight is 301 g/mol. The van der Waals surface area contributed by atoms with Gasteiger partial charge < -0.3 is 9.47 Å². The van der Waals surface area contributed by atoms with Crippen molar-refractivity contribution in [2.75, 3.05) is 19.8 Å². The number of rotatable bonds is 8. The van der Waals surface area contributed by atoms with Crippen molar-refractivity contribution in [3.63, 3.8) is 0 Å². The van der Waals surface area contributed by atoms with Gasteiger partial charge in [-0.15, -0.1) is 0 Å². The number of unbranched alkanes of at least 4 members (excludes halogenated alkanes) is 1. The fourth-order valence-electron chi connectivity index (χ4n) is 1.43. The van der Waals surface area contributed by atoms with E-state index in [9.17, 15) is 13.2 Å². The van der Waals surface area contributed by atoms with E-state index in [4.69, 9.17) is 14.6 Å². The summed E-state index contributed by atoms with van der Waals surface area (Å²) in [7, 11) is -3.83. The number of primary sulfonamides is 1. The molecule has 20 heavy (non-hydrogen) atoms. The molecule has 0 aliphatic rings. The molecule has 0 bridgehead atoms. The van der Waals surface area contributed by atoms with Crippen LogP contribution in [0.4, 0.5) is 0 Å². The molecule has 1 aromatic rings. The molecule has 0 saturated heterocycles. The van der Waals surface area contributed by atoms with Gasteiger partial charge in [0.1, 0.15) is 6.61 Å². The number of carbonyl (C=O) groups excluding carboxylic acids is 1. The molecule has 0 atom stereocenters. The summed E-state index contributed by atoms with van der Waals surface area (Å²) in [6, 6.07) is 5.42. The zero-order valence-corrected chi connectivity index (χ0v) is 12.2. The fourth-order valence-corrected chi connectivity index (χ4v) is 1.98. The topological polar surface area (TPSA) is 95.7 Å². The number of esters is 1. The van der Waals surface area contributed by atoms with Crippen LogP contribution in [0.5, 0.6) is 0 Å². The minimum absolute atomic E-state index is 0.119. The Morgan fingerprint density at radius 1 is 1.25 bits per heavy atom. The van der Waals surface area contributed by atoms with Gasteiger partial charge in [-0.3, -0.25) is 0 Å². The molecule has 0 fully saturated rings. The molecule has 1 rings (SSSR count). The highest BCUT2D eigenvalue weighted by Crippen LogP contribution is 2.10. The van der Waals surface area contributed by atoms with Crippen molar-refractivity contribution < 1.29 is 22.7 Å². The van der Waals surface area contributed by atoms with Gasteiger partial charge in [-0.2, -0.15) is 0 Å². The van der Waals surface area contributed by atoms with Crippen LogP contribution in [-0.2, 0) is 19.5 Å². The van der Waals surface area contributed by atoms with Crippen molar-refractivity contribution in [2.45, 2.75) is 24.7 Å². The predicted molar refractivity (Wildman–Crippen MR) is 73.8 cm³/mol.